The van der Waals surface area contributed by atoms with Gasteiger partial charge < -0.3 is 10.1 Å². The lowest BCUT2D eigenvalue weighted by Crippen LogP contribution is -2.39. The Morgan fingerprint density at radius 1 is 1.16 bits per heavy atom. The maximum atomic E-state index is 12.9. The van der Waals surface area contributed by atoms with E-state index < -0.39 is 15.4 Å². The maximum absolute atomic E-state index is 12.9. The summed E-state index contributed by atoms with van der Waals surface area (Å²) in [5.74, 6) is 0.500. The molecule has 1 spiro atoms. The summed E-state index contributed by atoms with van der Waals surface area (Å²) in [6.45, 7) is 0.442. The zero-order valence-corrected chi connectivity index (χ0v) is 14.5. The van der Waals surface area contributed by atoms with Gasteiger partial charge in [-0.05, 0) is 42.3 Å². The van der Waals surface area contributed by atoms with Crippen LogP contribution in [0.4, 0.5) is 5.69 Å². The van der Waals surface area contributed by atoms with E-state index in [9.17, 15) is 13.2 Å². The van der Waals surface area contributed by atoms with E-state index in [2.05, 4.69) is 5.32 Å². The zero-order chi connectivity index (χ0) is 17.7. The molecule has 2 aliphatic rings. The molecule has 1 saturated heterocycles. The number of sulfonamides is 1. The quantitative estimate of drug-likeness (QED) is 0.910. The fourth-order valence-corrected chi connectivity index (χ4v) is 5.17. The van der Waals surface area contributed by atoms with Gasteiger partial charge in [-0.2, -0.15) is 4.31 Å². The van der Waals surface area contributed by atoms with Crippen LogP contribution in [-0.4, -0.2) is 38.8 Å². The first kappa shape index (κ1) is 16.1. The van der Waals surface area contributed by atoms with Crippen LogP contribution in [-0.2, 0) is 20.2 Å². The van der Waals surface area contributed by atoms with Gasteiger partial charge >= 0.3 is 0 Å². The molecule has 7 heteroatoms. The first-order valence-electron chi connectivity index (χ1n) is 8.02. The van der Waals surface area contributed by atoms with Crippen molar-refractivity contribution in [2.45, 2.75) is 16.7 Å². The highest BCUT2D eigenvalue weighted by molar-refractivity contribution is 7.89. The Hall–Kier alpha value is -2.38. The first-order valence-corrected chi connectivity index (χ1v) is 9.46. The van der Waals surface area contributed by atoms with Crippen LogP contribution in [0.2, 0.25) is 0 Å². The summed E-state index contributed by atoms with van der Waals surface area (Å²) < 4.78 is 32.4. The van der Waals surface area contributed by atoms with Crippen molar-refractivity contribution in [3.63, 3.8) is 0 Å². The Kier molecular flexibility index (Phi) is 3.59. The van der Waals surface area contributed by atoms with Gasteiger partial charge in [0.1, 0.15) is 5.75 Å². The number of nitrogens with zero attached hydrogens (tertiary/aromatic N) is 1. The number of carbonyl (C=O) groups excluding carboxylic acids is 1. The van der Waals surface area contributed by atoms with E-state index in [4.69, 9.17) is 4.74 Å². The second kappa shape index (κ2) is 5.57. The Labute approximate surface area is 146 Å². The smallest absolute Gasteiger partial charge is 0.243 e. The number of fused-ring (bicyclic) bond motifs is 2. The normalized spacial score (nSPS) is 22.8. The number of hydrogen-bond donors (Lipinski definition) is 1. The van der Waals surface area contributed by atoms with Crippen LogP contribution in [0.3, 0.4) is 0 Å². The van der Waals surface area contributed by atoms with Crippen molar-refractivity contribution in [1.82, 2.24) is 4.31 Å². The molecule has 0 radical (unpaired) electrons. The molecule has 130 valence electrons. The third-order valence-corrected chi connectivity index (χ3v) is 6.90. The van der Waals surface area contributed by atoms with Gasteiger partial charge in [-0.3, -0.25) is 4.79 Å². The second-order valence-corrected chi connectivity index (χ2v) is 8.29. The predicted molar refractivity (Wildman–Crippen MR) is 93.1 cm³/mol. The predicted octanol–water partition coefficient (Wildman–Crippen LogP) is 1.98. The third kappa shape index (κ3) is 2.34. The molecule has 2 heterocycles. The molecule has 0 bridgehead atoms. The van der Waals surface area contributed by atoms with Crippen molar-refractivity contribution in [2.24, 2.45) is 0 Å². The van der Waals surface area contributed by atoms with Gasteiger partial charge in [0.05, 0.1) is 17.4 Å². The number of carbonyl (C=O) groups is 1. The molecule has 1 N–H and O–H groups in total. The van der Waals surface area contributed by atoms with Crippen LogP contribution < -0.4 is 10.1 Å². The molecule has 2 aromatic carbocycles. The molecule has 1 fully saturated rings. The largest absolute Gasteiger partial charge is 0.497 e. The summed E-state index contributed by atoms with van der Waals surface area (Å²) in [6.07, 6.45) is 0.449. The number of rotatable bonds is 3. The average Bonchev–Trinajstić information content (AvgIpc) is 3.20. The van der Waals surface area contributed by atoms with E-state index in [1.165, 1.54) is 4.31 Å². The molecule has 6 nitrogen and oxygen atoms in total. The van der Waals surface area contributed by atoms with E-state index in [1.807, 2.05) is 6.07 Å². The molecule has 0 aliphatic carbocycles. The van der Waals surface area contributed by atoms with Gasteiger partial charge in [-0.15, -0.1) is 0 Å². The van der Waals surface area contributed by atoms with Crippen LogP contribution in [0.5, 0.6) is 5.75 Å². The summed E-state index contributed by atoms with van der Waals surface area (Å²) in [7, 11) is -2.05. The van der Waals surface area contributed by atoms with Gasteiger partial charge in [0.25, 0.3) is 0 Å². The Bertz CT molecular complexity index is 943. The number of nitrogens with one attached hydrogen (secondary N) is 1. The minimum Gasteiger partial charge on any atom is -0.497 e. The zero-order valence-electron chi connectivity index (χ0n) is 13.7. The monoisotopic (exact) mass is 358 g/mol. The van der Waals surface area contributed by atoms with E-state index in [1.54, 1.807) is 49.6 Å². The van der Waals surface area contributed by atoms with Crippen LogP contribution in [0.25, 0.3) is 0 Å². The van der Waals surface area contributed by atoms with Crippen molar-refractivity contribution >= 4 is 21.6 Å². The molecule has 2 aromatic rings. The molecule has 0 aromatic heterocycles. The number of benzene rings is 2. The van der Waals surface area contributed by atoms with Gasteiger partial charge in [-0.25, -0.2) is 8.42 Å². The molecule has 1 amide bonds. The fourth-order valence-electron chi connectivity index (χ4n) is 3.65. The number of methoxy groups -OCH3 is 1. The lowest BCUT2D eigenvalue weighted by Gasteiger charge is -2.22. The molecular formula is C18H18N2O4S. The Morgan fingerprint density at radius 2 is 1.92 bits per heavy atom. The summed E-state index contributed by atoms with van der Waals surface area (Å²) in [6, 6.07) is 13.7. The minimum absolute atomic E-state index is 0.135. The molecule has 25 heavy (non-hydrogen) atoms. The Morgan fingerprint density at radius 3 is 2.64 bits per heavy atom. The highest BCUT2D eigenvalue weighted by Crippen LogP contribution is 2.46. The van der Waals surface area contributed by atoms with E-state index >= 15 is 0 Å². The summed E-state index contributed by atoms with van der Waals surface area (Å²) >= 11 is 0. The maximum Gasteiger partial charge on any atom is 0.243 e. The minimum atomic E-state index is -3.62. The lowest BCUT2D eigenvalue weighted by molar-refractivity contribution is -0.120. The SMILES string of the molecule is COc1ccc2c(c1)[C@@]1(CCN(S(=O)(=O)c3ccccc3)C1)C(=O)N2. The number of hydrogen-bond acceptors (Lipinski definition) is 4. The second-order valence-electron chi connectivity index (χ2n) is 6.35. The van der Waals surface area contributed by atoms with Gasteiger partial charge in [-0.1, -0.05) is 18.2 Å². The van der Waals surface area contributed by atoms with Crippen molar-refractivity contribution in [2.75, 3.05) is 25.5 Å². The van der Waals surface area contributed by atoms with E-state index in [0.717, 1.165) is 11.3 Å². The number of anilines is 1. The van der Waals surface area contributed by atoms with Crippen molar-refractivity contribution in [1.29, 1.82) is 0 Å². The molecule has 0 unspecified atom stereocenters. The molecular weight excluding hydrogens is 340 g/mol. The van der Waals surface area contributed by atoms with Crippen LogP contribution in [0.1, 0.15) is 12.0 Å². The highest BCUT2D eigenvalue weighted by Gasteiger charge is 2.53. The van der Waals surface area contributed by atoms with Crippen molar-refractivity contribution in [3.05, 3.63) is 54.1 Å². The molecule has 1 atom stereocenters. The third-order valence-electron chi connectivity index (χ3n) is 5.04. The number of amides is 1. The van der Waals surface area contributed by atoms with Crippen molar-refractivity contribution < 1.29 is 17.9 Å². The molecule has 0 saturated carbocycles. The van der Waals surface area contributed by atoms with Crippen molar-refractivity contribution in [3.8, 4) is 5.75 Å². The summed E-state index contributed by atoms with van der Waals surface area (Å²) in [4.78, 5) is 12.9. The fraction of sp³-hybridized carbons (Fsp3) is 0.278. The van der Waals surface area contributed by atoms with E-state index in [-0.39, 0.29) is 17.3 Å². The average molecular weight is 358 g/mol. The Balaban J connectivity index is 1.72. The van der Waals surface area contributed by atoms with Gasteiger partial charge in [0.2, 0.25) is 15.9 Å². The standard InChI is InChI=1S/C18H18N2O4S/c1-24-13-7-8-16-15(11-13)18(17(21)19-16)9-10-20(12-18)25(22,23)14-5-3-2-4-6-14/h2-8,11H,9-10,12H2,1H3,(H,19,21)/t18-/m0/s1. The van der Waals surface area contributed by atoms with Crippen LogP contribution >= 0.6 is 0 Å². The van der Waals surface area contributed by atoms with Crippen LogP contribution in [0, 0.1) is 0 Å². The molecule has 4 rings (SSSR count). The highest BCUT2D eigenvalue weighted by atomic mass is 32.2. The van der Waals surface area contributed by atoms with E-state index in [0.29, 0.717) is 18.7 Å². The first-order chi connectivity index (χ1) is 12.0. The summed E-state index contributed by atoms with van der Waals surface area (Å²) in [5.41, 5.74) is 0.679. The van der Waals surface area contributed by atoms with Gasteiger partial charge in [0, 0.05) is 18.8 Å². The number of ether oxygens (including phenoxy) is 1. The topological polar surface area (TPSA) is 75.7 Å². The van der Waals surface area contributed by atoms with Gasteiger partial charge in [0.15, 0.2) is 0 Å². The lowest BCUT2D eigenvalue weighted by atomic mass is 9.81. The molecule has 2 aliphatic heterocycles. The van der Waals surface area contributed by atoms with Crippen LogP contribution in [0.15, 0.2) is 53.4 Å². The summed E-state index contributed by atoms with van der Waals surface area (Å²) in [5, 5.41) is 2.88.